The van der Waals surface area contributed by atoms with Gasteiger partial charge in [0, 0.05) is 17.5 Å². The van der Waals surface area contributed by atoms with Gasteiger partial charge in [0.1, 0.15) is 12.6 Å². The van der Waals surface area contributed by atoms with E-state index in [1.54, 1.807) is 19.1 Å². The minimum absolute atomic E-state index is 0.0301. The van der Waals surface area contributed by atoms with Crippen LogP contribution < -0.4 is 5.32 Å². The fraction of sp³-hybridized carbons (Fsp3) is 0.353. The van der Waals surface area contributed by atoms with Crippen molar-refractivity contribution < 1.29 is 22.8 Å². The van der Waals surface area contributed by atoms with Gasteiger partial charge in [0.2, 0.25) is 5.91 Å². The molecule has 1 saturated heterocycles. The number of halogens is 3. The molecule has 138 valence electrons. The molecule has 0 bridgehead atoms. The van der Waals surface area contributed by atoms with Gasteiger partial charge in [0.15, 0.2) is 0 Å². The number of aromatic nitrogens is 1. The van der Waals surface area contributed by atoms with Gasteiger partial charge in [-0.15, -0.1) is 0 Å². The number of likely N-dealkylation sites (tertiary alicyclic amines) is 1. The zero-order valence-corrected chi connectivity index (χ0v) is 14.7. The van der Waals surface area contributed by atoms with Gasteiger partial charge in [0.05, 0.1) is 17.0 Å². The van der Waals surface area contributed by atoms with Crippen LogP contribution in [0.1, 0.15) is 22.5 Å². The van der Waals surface area contributed by atoms with Gasteiger partial charge in [-0.1, -0.05) is 0 Å². The van der Waals surface area contributed by atoms with Crippen LogP contribution in [0.25, 0.3) is 11.3 Å². The van der Waals surface area contributed by atoms with Crippen molar-refractivity contribution in [2.45, 2.75) is 25.6 Å². The lowest BCUT2D eigenvalue weighted by Crippen LogP contribution is -2.44. The normalized spacial score (nSPS) is 17.6. The molecule has 1 aliphatic rings. The zero-order chi connectivity index (χ0) is 18.9. The summed E-state index contributed by atoms with van der Waals surface area (Å²) in [4.78, 5) is 29.6. The number of thiophene rings is 1. The molecule has 0 aliphatic carbocycles. The van der Waals surface area contributed by atoms with Crippen LogP contribution in [0.2, 0.25) is 0 Å². The lowest BCUT2D eigenvalue weighted by molar-refractivity contribution is -0.157. The van der Waals surface area contributed by atoms with E-state index < -0.39 is 30.6 Å². The first-order valence-corrected chi connectivity index (χ1v) is 8.85. The monoisotopic (exact) mass is 383 g/mol. The Balaban J connectivity index is 1.68. The number of hydrogen-bond acceptors (Lipinski definition) is 4. The van der Waals surface area contributed by atoms with E-state index in [1.807, 2.05) is 16.8 Å². The van der Waals surface area contributed by atoms with Gasteiger partial charge >= 0.3 is 6.18 Å². The third-order valence-electron chi connectivity index (χ3n) is 4.12. The molecule has 1 unspecified atom stereocenters. The van der Waals surface area contributed by atoms with E-state index in [1.165, 1.54) is 11.3 Å². The van der Waals surface area contributed by atoms with E-state index in [2.05, 4.69) is 10.3 Å². The van der Waals surface area contributed by atoms with Crippen molar-refractivity contribution in [3.05, 3.63) is 40.2 Å². The molecular formula is C17H16F3N3O2S. The quantitative estimate of drug-likeness (QED) is 0.883. The second kappa shape index (κ2) is 7.06. The second-order valence-corrected chi connectivity index (χ2v) is 6.81. The van der Waals surface area contributed by atoms with Gasteiger partial charge in [-0.05, 0) is 36.9 Å². The van der Waals surface area contributed by atoms with Gasteiger partial charge in [-0.25, -0.2) is 0 Å². The predicted molar refractivity (Wildman–Crippen MR) is 90.8 cm³/mol. The van der Waals surface area contributed by atoms with E-state index in [4.69, 9.17) is 0 Å². The summed E-state index contributed by atoms with van der Waals surface area (Å²) < 4.78 is 37.4. The summed E-state index contributed by atoms with van der Waals surface area (Å²) in [5.41, 5.74) is 2.46. The Morgan fingerprint density at radius 1 is 1.38 bits per heavy atom. The summed E-state index contributed by atoms with van der Waals surface area (Å²) in [5.74, 6) is -1.23. The molecule has 0 radical (unpaired) electrons. The van der Waals surface area contributed by atoms with Crippen LogP contribution in [0.15, 0.2) is 29.0 Å². The zero-order valence-electron chi connectivity index (χ0n) is 13.8. The topological polar surface area (TPSA) is 62.3 Å². The number of nitrogens with one attached hydrogen (secondary N) is 1. The number of carbonyl (C=O) groups is 2. The molecule has 2 aromatic heterocycles. The number of rotatable bonds is 4. The van der Waals surface area contributed by atoms with Crippen molar-refractivity contribution >= 4 is 23.2 Å². The molecule has 1 N–H and O–H groups in total. The maximum Gasteiger partial charge on any atom is 0.406 e. The molecule has 1 fully saturated rings. The Bertz CT molecular complexity index is 821. The van der Waals surface area contributed by atoms with Crippen LogP contribution in [0.5, 0.6) is 0 Å². The van der Waals surface area contributed by atoms with Crippen molar-refractivity contribution in [2.24, 2.45) is 0 Å². The first-order chi connectivity index (χ1) is 12.2. The Kier molecular flexibility index (Phi) is 4.99. The number of hydrogen-bond donors (Lipinski definition) is 1. The number of pyridine rings is 1. The predicted octanol–water partition coefficient (Wildman–Crippen LogP) is 3.01. The summed E-state index contributed by atoms with van der Waals surface area (Å²) in [7, 11) is 0. The molecule has 3 heterocycles. The molecule has 26 heavy (non-hydrogen) atoms. The largest absolute Gasteiger partial charge is 0.406 e. The summed E-state index contributed by atoms with van der Waals surface area (Å²) >= 11 is 1.53. The van der Waals surface area contributed by atoms with E-state index in [0.29, 0.717) is 11.3 Å². The van der Waals surface area contributed by atoms with Crippen LogP contribution >= 0.6 is 11.3 Å². The van der Waals surface area contributed by atoms with Crippen molar-refractivity contribution in [3.8, 4) is 11.3 Å². The standard InChI is InChI=1S/C17H16F3N3O2S/c1-10-12(2-3-13(21-10)11-5-7-26-8-11)15(24)22-14-4-6-23(16(14)25)9-17(18,19)20/h2-3,5,7-8,14H,4,6,9H2,1H3,(H,22,24). The molecule has 5 nitrogen and oxygen atoms in total. The third kappa shape index (κ3) is 4.04. The van der Waals surface area contributed by atoms with Crippen LogP contribution in [-0.2, 0) is 4.79 Å². The highest BCUT2D eigenvalue weighted by atomic mass is 32.1. The second-order valence-electron chi connectivity index (χ2n) is 6.03. The highest BCUT2D eigenvalue weighted by Crippen LogP contribution is 2.23. The smallest absolute Gasteiger partial charge is 0.340 e. The molecule has 1 aliphatic heterocycles. The summed E-state index contributed by atoms with van der Waals surface area (Å²) in [6, 6.07) is 4.29. The highest BCUT2D eigenvalue weighted by molar-refractivity contribution is 7.08. The summed E-state index contributed by atoms with van der Waals surface area (Å²) in [5, 5.41) is 6.38. The third-order valence-corrected chi connectivity index (χ3v) is 4.80. The molecule has 3 rings (SSSR count). The number of amides is 2. The van der Waals surface area contributed by atoms with Crippen LogP contribution in [-0.4, -0.2) is 47.0 Å². The SMILES string of the molecule is Cc1nc(-c2ccsc2)ccc1C(=O)NC1CCN(CC(F)(F)F)C1=O. The molecule has 2 aromatic rings. The number of aryl methyl sites for hydroxylation is 1. The molecule has 2 amide bonds. The molecule has 1 atom stereocenters. The lowest BCUT2D eigenvalue weighted by atomic mass is 10.1. The molecule has 0 saturated carbocycles. The van der Waals surface area contributed by atoms with E-state index in [-0.39, 0.29) is 13.0 Å². The van der Waals surface area contributed by atoms with Crippen molar-refractivity contribution in [1.29, 1.82) is 0 Å². The maximum atomic E-state index is 12.5. The first-order valence-electron chi connectivity index (χ1n) is 7.91. The number of alkyl halides is 3. The van der Waals surface area contributed by atoms with Gasteiger partial charge in [-0.2, -0.15) is 24.5 Å². The average molecular weight is 383 g/mol. The van der Waals surface area contributed by atoms with Crippen molar-refractivity contribution in [3.63, 3.8) is 0 Å². The summed E-state index contributed by atoms with van der Waals surface area (Å²) in [6.45, 7) is 0.350. The number of carbonyl (C=O) groups excluding carboxylic acids is 2. The van der Waals surface area contributed by atoms with Crippen molar-refractivity contribution in [1.82, 2.24) is 15.2 Å². The van der Waals surface area contributed by atoms with Crippen LogP contribution in [0.4, 0.5) is 13.2 Å². The fourth-order valence-electron chi connectivity index (χ4n) is 2.85. The molecular weight excluding hydrogens is 367 g/mol. The highest BCUT2D eigenvalue weighted by Gasteiger charge is 2.39. The summed E-state index contributed by atoms with van der Waals surface area (Å²) in [6.07, 6.45) is -4.30. The van der Waals surface area contributed by atoms with E-state index in [0.717, 1.165) is 16.2 Å². The average Bonchev–Trinajstić information content (AvgIpc) is 3.19. The van der Waals surface area contributed by atoms with Crippen LogP contribution in [0, 0.1) is 6.92 Å². The first kappa shape index (κ1) is 18.4. The van der Waals surface area contributed by atoms with Gasteiger partial charge in [-0.3, -0.25) is 14.6 Å². The Morgan fingerprint density at radius 2 is 2.15 bits per heavy atom. The molecule has 9 heteroatoms. The van der Waals surface area contributed by atoms with Crippen LogP contribution in [0.3, 0.4) is 0 Å². The Hall–Kier alpha value is -2.42. The van der Waals surface area contributed by atoms with Crippen molar-refractivity contribution in [2.75, 3.05) is 13.1 Å². The van der Waals surface area contributed by atoms with Gasteiger partial charge in [0.25, 0.3) is 5.91 Å². The minimum atomic E-state index is -4.45. The number of nitrogens with zero attached hydrogens (tertiary/aromatic N) is 2. The van der Waals surface area contributed by atoms with E-state index >= 15 is 0 Å². The Labute approximate surface area is 151 Å². The molecule has 0 spiro atoms. The van der Waals surface area contributed by atoms with Gasteiger partial charge < -0.3 is 10.2 Å². The molecule has 0 aromatic carbocycles. The Morgan fingerprint density at radius 3 is 2.77 bits per heavy atom. The van der Waals surface area contributed by atoms with E-state index in [9.17, 15) is 22.8 Å². The minimum Gasteiger partial charge on any atom is -0.340 e. The lowest BCUT2D eigenvalue weighted by Gasteiger charge is -2.18. The maximum absolute atomic E-state index is 12.5. The fourth-order valence-corrected chi connectivity index (χ4v) is 3.50.